The summed E-state index contributed by atoms with van der Waals surface area (Å²) in [6.07, 6.45) is -1.43. The van der Waals surface area contributed by atoms with Crippen LogP contribution in [0.2, 0.25) is 10.0 Å². The molecule has 11 heteroatoms. The highest BCUT2D eigenvalue weighted by molar-refractivity contribution is 7.09. The summed E-state index contributed by atoms with van der Waals surface area (Å²) in [5, 5.41) is 11.7. The highest BCUT2D eigenvalue weighted by atomic mass is 35.5. The number of rotatable bonds is 7. The SMILES string of the molecule is CCc1nc2ccc(C(c3ccc(Cl)cc3)c3nccs3)cc2n1C(C)Cc1ccc(Cl)cc1.O=C(O)C(F)(F)F. The van der Waals surface area contributed by atoms with E-state index >= 15 is 0 Å². The van der Waals surface area contributed by atoms with Crippen molar-refractivity contribution in [2.24, 2.45) is 0 Å². The van der Waals surface area contributed by atoms with Gasteiger partial charge in [0.25, 0.3) is 0 Å². The van der Waals surface area contributed by atoms with Gasteiger partial charge >= 0.3 is 12.1 Å². The van der Waals surface area contributed by atoms with E-state index in [1.54, 1.807) is 11.3 Å². The Hall–Kier alpha value is -3.40. The third-order valence-corrected chi connectivity index (χ3v) is 7.81. The van der Waals surface area contributed by atoms with Crippen LogP contribution < -0.4 is 0 Å². The second-order valence-corrected chi connectivity index (χ2v) is 11.1. The lowest BCUT2D eigenvalue weighted by Gasteiger charge is -2.19. The number of carboxylic acid groups (broad SMARTS) is 1. The largest absolute Gasteiger partial charge is 0.490 e. The second-order valence-electron chi connectivity index (χ2n) is 9.34. The molecule has 3 aromatic carbocycles. The van der Waals surface area contributed by atoms with Gasteiger partial charge in [0.1, 0.15) is 10.8 Å². The number of alkyl halides is 3. The summed E-state index contributed by atoms with van der Waals surface area (Å²) in [6, 6.07) is 23.1. The minimum Gasteiger partial charge on any atom is -0.475 e. The molecule has 0 radical (unpaired) electrons. The lowest BCUT2D eigenvalue weighted by molar-refractivity contribution is -0.192. The molecule has 2 atom stereocenters. The highest BCUT2D eigenvalue weighted by Gasteiger charge is 2.38. The molecule has 214 valence electrons. The van der Waals surface area contributed by atoms with E-state index in [0.29, 0.717) is 0 Å². The zero-order valence-electron chi connectivity index (χ0n) is 22.1. The minimum absolute atomic E-state index is 0.0432. The summed E-state index contributed by atoms with van der Waals surface area (Å²) < 4.78 is 34.1. The molecular formula is C30H26Cl2F3N3O2S. The number of fused-ring (bicyclic) bond motifs is 1. The van der Waals surface area contributed by atoms with Crippen LogP contribution in [0.1, 0.15) is 53.3 Å². The standard InChI is InChI=1S/C28H25Cl2N3S.C2HF3O2/c1-3-26-32-24-13-8-21(27(28-31-14-15-34-28)20-6-11-23(30)12-7-20)17-25(24)33(26)18(2)16-19-4-9-22(29)10-5-19;3-2(4,5)1(6)7/h4-15,17-18,27H,3,16H2,1-2H3;(H,6,7). The first kappa shape index (κ1) is 30.6. The Morgan fingerprint density at radius 2 is 1.59 bits per heavy atom. The van der Waals surface area contributed by atoms with E-state index in [1.807, 2.05) is 35.8 Å². The van der Waals surface area contributed by atoms with Crippen molar-refractivity contribution in [2.45, 2.75) is 44.8 Å². The molecule has 5 aromatic rings. The summed E-state index contributed by atoms with van der Waals surface area (Å²) in [7, 11) is 0. The van der Waals surface area contributed by atoms with Crippen molar-refractivity contribution in [3.63, 3.8) is 0 Å². The van der Waals surface area contributed by atoms with Crippen LogP contribution in [0, 0.1) is 0 Å². The second kappa shape index (κ2) is 13.1. The van der Waals surface area contributed by atoms with Crippen molar-refractivity contribution in [1.82, 2.24) is 14.5 Å². The summed E-state index contributed by atoms with van der Waals surface area (Å²) in [5.74, 6) is -1.61. The fourth-order valence-electron chi connectivity index (χ4n) is 4.64. The first-order valence-corrected chi connectivity index (χ1v) is 14.3. The number of aromatic nitrogens is 3. The van der Waals surface area contributed by atoms with Gasteiger partial charge in [-0.05, 0) is 66.4 Å². The molecule has 0 fully saturated rings. The lowest BCUT2D eigenvalue weighted by atomic mass is 9.91. The Labute approximate surface area is 249 Å². The quantitative estimate of drug-likeness (QED) is 0.197. The molecule has 0 saturated heterocycles. The molecule has 0 aliphatic carbocycles. The first-order valence-electron chi connectivity index (χ1n) is 12.7. The van der Waals surface area contributed by atoms with Gasteiger partial charge in [-0.3, -0.25) is 0 Å². The molecule has 2 unspecified atom stereocenters. The maximum Gasteiger partial charge on any atom is 0.490 e. The topological polar surface area (TPSA) is 68.0 Å². The molecule has 41 heavy (non-hydrogen) atoms. The summed E-state index contributed by atoms with van der Waals surface area (Å²) >= 11 is 14.0. The van der Waals surface area contributed by atoms with Crippen molar-refractivity contribution in [3.05, 3.63) is 116 Å². The maximum absolute atomic E-state index is 10.6. The molecule has 2 aromatic heterocycles. The molecule has 0 aliphatic heterocycles. The number of carbonyl (C=O) groups is 1. The fourth-order valence-corrected chi connectivity index (χ4v) is 5.69. The third kappa shape index (κ3) is 7.47. The number of aryl methyl sites for hydroxylation is 1. The van der Waals surface area contributed by atoms with Gasteiger partial charge in [0.15, 0.2) is 0 Å². The van der Waals surface area contributed by atoms with Crippen LogP contribution in [-0.2, 0) is 17.6 Å². The van der Waals surface area contributed by atoms with Gasteiger partial charge in [-0.2, -0.15) is 13.2 Å². The number of aliphatic carboxylic acids is 1. The summed E-state index contributed by atoms with van der Waals surface area (Å²) in [4.78, 5) is 18.5. The lowest BCUT2D eigenvalue weighted by Crippen LogP contribution is -2.21. The van der Waals surface area contributed by atoms with E-state index < -0.39 is 12.1 Å². The molecule has 0 amide bonds. The number of hydrogen-bond acceptors (Lipinski definition) is 4. The number of thiazole rings is 1. The van der Waals surface area contributed by atoms with E-state index in [0.717, 1.165) is 44.8 Å². The number of nitrogens with zero attached hydrogens (tertiary/aromatic N) is 3. The van der Waals surface area contributed by atoms with E-state index in [4.69, 9.17) is 38.1 Å². The first-order chi connectivity index (χ1) is 19.5. The Bertz CT molecular complexity index is 1600. The molecule has 0 saturated carbocycles. The van der Waals surface area contributed by atoms with E-state index in [-0.39, 0.29) is 12.0 Å². The predicted molar refractivity (Wildman–Crippen MR) is 157 cm³/mol. The predicted octanol–water partition coefficient (Wildman–Crippen LogP) is 8.98. The number of imidazole rings is 1. The Kier molecular flexibility index (Phi) is 9.73. The van der Waals surface area contributed by atoms with Crippen LogP contribution in [0.4, 0.5) is 13.2 Å². The smallest absolute Gasteiger partial charge is 0.475 e. The number of hydrogen-bond donors (Lipinski definition) is 1. The van der Waals surface area contributed by atoms with Crippen LogP contribution in [0.5, 0.6) is 0 Å². The average molecular weight is 621 g/mol. The normalized spacial score (nSPS) is 13.0. The molecule has 5 rings (SSSR count). The molecule has 0 spiro atoms. The summed E-state index contributed by atoms with van der Waals surface area (Å²) in [5.41, 5.74) is 5.82. The number of benzene rings is 3. The van der Waals surface area contributed by atoms with Crippen LogP contribution in [0.3, 0.4) is 0 Å². The fraction of sp³-hybridized carbons (Fsp3) is 0.233. The Balaban J connectivity index is 0.000000493. The Morgan fingerprint density at radius 1 is 1.00 bits per heavy atom. The number of carboxylic acids is 1. The van der Waals surface area contributed by atoms with Gasteiger partial charge in [-0.1, -0.05) is 60.5 Å². The van der Waals surface area contributed by atoms with Crippen molar-refractivity contribution < 1.29 is 23.1 Å². The average Bonchev–Trinajstić information content (AvgIpc) is 3.59. The van der Waals surface area contributed by atoms with Gasteiger partial charge in [0.05, 0.1) is 17.0 Å². The zero-order chi connectivity index (χ0) is 29.7. The minimum atomic E-state index is -5.08. The molecule has 1 N–H and O–H groups in total. The molecule has 0 bridgehead atoms. The van der Waals surface area contributed by atoms with Gasteiger partial charge in [0.2, 0.25) is 0 Å². The van der Waals surface area contributed by atoms with Crippen LogP contribution in [0.25, 0.3) is 11.0 Å². The van der Waals surface area contributed by atoms with Crippen molar-refractivity contribution in [3.8, 4) is 0 Å². The van der Waals surface area contributed by atoms with Gasteiger partial charge in [-0.25, -0.2) is 14.8 Å². The molecule has 0 aliphatic rings. The van der Waals surface area contributed by atoms with E-state index in [2.05, 4.69) is 65.9 Å². The monoisotopic (exact) mass is 619 g/mol. The van der Waals surface area contributed by atoms with Crippen LogP contribution >= 0.6 is 34.5 Å². The third-order valence-electron chi connectivity index (χ3n) is 6.47. The van der Waals surface area contributed by atoms with Gasteiger partial charge in [0, 0.05) is 34.1 Å². The Morgan fingerprint density at radius 3 is 2.12 bits per heavy atom. The maximum atomic E-state index is 10.6. The van der Waals surface area contributed by atoms with Crippen molar-refractivity contribution in [1.29, 1.82) is 0 Å². The van der Waals surface area contributed by atoms with Crippen LogP contribution in [0.15, 0.2) is 78.3 Å². The van der Waals surface area contributed by atoms with E-state index in [9.17, 15) is 13.2 Å². The van der Waals surface area contributed by atoms with Gasteiger partial charge < -0.3 is 9.67 Å². The van der Waals surface area contributed by atoms with Crippen molar-refractivity contribution in [2.75, 3.05) is 0 Å². The molecule has 2 heterocycles. The summed E-state index contributed by atoms with van der Waals surface area (Å²) in [6.45, 7) is 4.43. The highest BCUT2D eigenvalue weighted by Crippen LogP contribution is 2.36. The molecular weight excluding hydrogens is 594 g/mol. The molecule has 5 nitrogen and oxygen atoms in total. The number of halogens is 5. The van der Waals surface area contributed by atoms with E-state index in [1.165, 1.54) is 16.7 Å². The van der Waals surface area contributed by atoms with Crippen molar-refractivity contribution >= 4 is 51.5 Å². The van der Waals surface area contributed by atoms with Gasteiger partial charge in [-0.15, -0.1) is 11.3 Å². The van der Waals surface area contributed by atoms with Crippen LogP contribution in [-0.4, -0.2) is 31.8 Å². The zero-order valence-corrected chi connectivity index (χ0v) is 24.4.